The molecule has 2 N–H and O–H groups in total. The van der Waals surface area contributed by atoms with Crippen LogP contribution in [0.5, 0.6) is 5.75 Å². The summed E-state index contributed by atoms with van der Waals surface area (Å²) in [5.41, 5.74) is 1.91. The lowest BCUT2D eigenvalue weighted by Gasteiger charge is -2.17. The van der Waals surface area contributed by atoms with Gasteiger partial charge in [0, 0.05) is 23.5 Å². The molecule has 0 aliphatic carbocycles. The third-order valence-corrected chi connectivity index (χ3v) is 4.52. The zero-order valence-electron chi connectivity index (χ0n) is 16.5. The minimum atomic E-state index is -4.36. The van der Waals surface area contributed by atoms with Crippen molar-refractivity contribution in [3.8, 4) is 5.75 Å². The van der Waals surface area contributed by atoms with E-state index in [1.54, 1.807) is 6.20 Å². The van der Waals surface area contributed by atoms with Crippen LogP contribution < -0.4 is 10.1 Å². The van der Waals surface area contributed by atoms with E-state index < -0.39 is 16.9 Å². The van der Waals surface area contributed by atoms with Crippen molar-refractivity contribution in [2.45, 2.75) is 17.7 Å². The van der Waals surface area contributed by atoms with Crippen LogP contribution in [-0.4, -0.2) is 41.0 Å². The smallest absolute Gasteiger partial charge is 0.416 e. The van der Waals surface area contributed by atoms with Gasteiger partial charge in [0.15, 0.2) is 0 Å². The number of hydrogen-bond acceptors (Lipinski definition) is 2. The molecule has 0 spiro atoms. The lowest BCUT2D eigenvalue weighted by Crippen LogP contribution is -2.30. The maximum absolute atomic E-state index is 12.6. The van der Waals surface area contributed by atoms with Crippen LogP contribution >= 0.6 is 0 Å². The number of alkyl halides is 3. The molecule has 0 fully saturated rings. The first kappa shape index (κ1) is 21.0. The Kier molecular flexibility index (Phi) is 5.73. The monoisotopic (exact) mass is 398 g/mol. The minimum Gasteiger partial charge on any atom is -0.493 e. The number of anilines is 1. The van der Waals surface area contributed by atoms with Crippen LogP contribution in [-0.2, 0) is 17.4 Å². The molecule has 0 saturated carbocycles. The van der Waals surface area contributed by atoms with Gasteiger partial charge in [-0.2, -0.15) is 13.2 Å². The minimum absolute atomic E-state index is 0.0746. The number of aromatic nitrogens is 1. The quantitative estimate of drug-likeness (QED) is 0.622. The number of amides is 1. The van der Waals surface area contributed by atoms with Crippen LogP contribution in [0.2, 0.25) is 5.11 Å². The van der Waals surface area contributed by atoms with E-state index in [2.05, 4.69) is 10.3 Å². The van der Waals surface area contributed by atoms with Crippen molar-refractivity contribution in [2.24, 2.45) is 0 Å². The van der Waals surface area contributed by atoms with Gasteiger partial charge in [0.05, 0.1) is 17.9 Å². The number of ether oxygens (including phenoxy) is 1. The van der Waals surface area contributed by atoms with E-state index in [9.17, 15) is 18.0 Å². The number of rotatable bonds is 6. The summed E-state index contributed by atoms with van der Waals surface area (Å²) >= 11 is 0. The molecular formula is C19H20B3F3N2O2. The predicted octanol–water partition coefficient (Wildman–Crippen LogP) is 1.72. The fourth-order valence-electron chi connectivity index (χ4n) is 2.76. The van der Waals surface area contributed by atoms with Gasteiger partial charge in [0.25, 0.3) is 0 Å². The maximum atomic E-state index is 12.6. The molecule has 0 atom stereocenters. The Morgan fingerprint density at radius 3 is 2.38 bits per heavy atom. The second-order valence-electron chi connectivity index (χ2n) is 7.91. The summed E-state index contributed by atoms with van der Waals surface area (Å²) in [7, 11) is 5.55. The van der Waals surface area contributed by atoms with E-state index in [1.807, 2.05) is 41.7 Å². The molecule has 148 valence electrons. The van der Waals surface area contributed by atoms with Crippen molar-refractivity contribution in [1.29, 1.82) is 0 Å². The van der Waals surface area contributed by atoms with Crippen LogP contribution in [0.3, 0.4) is 0 Å². The molecule has 3 rings (SSSR count). The number of aromatic amines is 1. The Morgan fingerprint density at radius 2 is 1.76 bits per heavy atom. The largest absolute Gasteiger partial charge is 0.493 e. The highest BCUT2D eigenvalue weighted by Gasteiger charge is 2.30. The third kappa shape index (κ3) is 5.19. The summed E-state index contributed by atoms with van der Waals surface area (Å²) in [5.74, 6) is 0.313. The van der Waals surface area contributed by atoms with Crippen molar-refractivity contribution < 1.29 is 22.7 Å². The van der Waals surface area contributed by atoms with Gasteiger partial charge in [-0.15, -0.1) is 0 Å². The molecule has 1 amide bonds. The van der Waals surface area contributed by atoms with E-state index in [-0.39, 0.29) is 5.91 Å². The van der Waals surface area contributed by atoms with Gasteiger partial charge in [-0.3, -0.25) is 4.79 Å². The Bertz CT molecular complexity index is 1010. The molecule has 2 aromatic carbocycles. The molecule has 29 heavy (non-hydrogen) atoms. The van der Waals surface area contributed by atoms with Crippen molar-refractivity contribution in [3.05, 3.63) is 59.8 Å². The second kappa shape index (κ2) is 7.93. The first-order chi connectivity index (χ1) is 13.5. The zero-order valence-corrected chi connectivity index (χ0v) is 16.5. The lowest BCUT2D eigenvalue weighted by atomic mass is 9.42. The first-order valence-corrected chi connectivity index (χ1v) is 9.25. The highest BCUT2D eigenvalue weighted by molar-refractivity contribution is 6.69. The predicted molar refractivity (Wildman–Crippen MR) is 116 cm³/mol. The second-order valence-corrected chi connectivity index (χ2v) is 7.91. The standard InChI is InChI=1S/C19H20B3F3N2O2/c20-18(21,22)17(28)27-16-10-26-15-6-1-11(9-14(15)16)7-8-29-13-4-2-12(3-5-13)19(23,24)25/h1-6,9-10,26H,7-8,20-22H2,(H,27,28). The Labute approximate surface area is 169 Å². The summed E-state index contributed by atoms with van der Waals surface area (Å²) in [6.07, 6.45) is -2.02. The average Bonchev–Trinajstić information content (AvgIpc) is 3.03. The fourth-order valence-corrected chi connectivity index (χ4v) is 2.76. The summed E-state index contributed by atoms with van der Waals surface area (Å²) < 4.78 is 43.4. The Morgan fingerprint density at radius 1 is 1.07 bits per heavy atom. The molecule has 0 unspecified atom stereocenters. The highest BCUT2D eigenvalue weighted by Crippen LogP contribution is 2.30. The molecule has 0 aliphatic heterocycles. The highest BCUT2D eigenvalue weighted by atomic mass is 19.4. The number of benzene rings is 2. The van der Waals surface area contributed by atoms with Crippen LogP contribution in [0.4, 0.5) is 18.9 Å². The Hall–Kier alpha value is -2.77. The molecule has 10 heteroatoms. The first-order valence-electron chi connectivity index (χ1n) is 9.25. The number of nitrogens with one attached hydrogen (secondary N) is 2. The molecule has 0 radical (unpaired) electrons. The van der Waals surface area contributed by atoms with Gasteiger partial charge in [-0.05, 0) is 47.1 Å². The lowest BCUT2D eigenvalue weighted by molar-refractivity contribution is -0.137. The number of hydrogen-bond donors (Lipinski definition) is 2. The van der Waals surface area contributed by atoms with Gasteiger partial charge in [-0.1, -0.05) is 6.07 Å². The van der Waals surface area contributed by atoms with Gasteiger partial charge in [0.1, 0.15) is 29.3 Å². The number of H-pyrrole nitrogens is 1. The van der Waals surface area contributed by atoms with Crippen LogP contribution in [0.25, 0.3) is 10.9 Å². The van der Waals surface area contributed by atoms with E-state index >= 15 is 0 Å². The zero-order chi connectivity index (χ0) is 21.2. The van der Waals surface area contributed by atoms with Crippen molar-refractivity contribution in [1.82, 2.24) is 4.98 Å². The number of halogens is 3. The van der Waals surface area contributed by atoms with Gasteiger partial charge >= 0.3 is 6.18 Å². The summed E-state index contributed by atoms with van der Waals surface area (Å²) in [4.78, 5) is 15.4. The topological polar surface area (TPSA) is 54.1 Å². The molecule has 3 aromatic rings. The molecule has 0 bridgehead atoms. The Balaban J connectivity index is 1.65. The van der Waals surface area contributed by atoms with Crippen LogP contribution in [0.15, 0.2) is 48.7 Å². The van der Waals surface area contributed by atoms with Crippen molar-refractivity contribution in [3.63, 3.8) is 0 Å². The SMILES string of the molecule is BC(B)(B)C(=O)Nc1c[nH]c2ccc(CCOc3ccc(C(F)(F)F)cc3)cc12. The average molecular weight is 398 g/mol. The molecule has 4 nitrogen and oxygen atoms in total. The van der Waals surface area contributed by atoms with Crippen LogP contribution in [0, 0.1) is 0 Å². The fraction of sp³-hybridized carbons (Fsp3) is 0.211. The number of fused-ring (bicyclic) bond motifs is 1. The van der Waals surface area contributed by atoms with Crippen molar-refractivity contribution >= 4 is 46.0 Å². The third-order valence-electron chi connectivity index (χ3n) is 4.52. The van der Waals surface area contributed by atoms with Gasteiger partial charge in [-0.25, -0.2) is 0 Å². The van der Waals surface area contributed by atoms with Gasteiger partial charge in [0.2, 0.25) is 5.91 Å². The number of carbonyl (C=O) groups excluding carboxylic acids is 1. The van der Waals surface area contributed by atoms with E-state index in [1.165, 1.54) is 12.1 Å². The molecular weight excluding hydrogens is 378 g/mol. The summed E-state index contributed by atoms with van der Waals surface area (Å²) in [5, 5.41) is 3.33. The maximum Gasteiger partial charge on any atom is 0.416 e. The molecule has 0 saturated heterocycles. The molecule has 1 heterocycles. The summed E-state index contributed by atoms with van der Waals surface area (Å²) in [6, 6.07) is 10.5. The van der Waals surface area contributed by atoms with E-state index in [0.717, 1.165) is 28.6 Å². The number of carbonyl (C=O) groups is 1. The van der Waals surface area contributed by atoms with E-state index in [4.69, 9.17) is 4.74 Å². The van der Waals surface area contributed by atoms with Crippen LogP contribution in [0.1, 0.15) is 11.1 Å². The van der Waals surface area contributed by atoms with Gasteiger partial charge < -0.3 is 15.0 Å². The van der Waals surface area contributed by atoms with E-state index in [0.29, 0.717) is 24.5 Å². The van der Waals surface area contributed by atoms with Crippen molar-refractivity contribution in [2.75, 3.05) is 11.9 Å². The molecule has 0 aliphatic rings. The normalized spacial score (nSPS) is 12.1. The molecule has 1 aromatic heterocycles. The summed E-state index contributed by atoms with van der Waals surface area (Å²) in [6.45, 7) is 0.324.